The molecule has 166 valence electrons. The maximum atomic E-state index is 12.3. The van der Waals surface area contributed by atoms with Gasteiger partial charge in [-0.3, -0.25) is 0 Å². The van der Waals surface area contributed by atoms with E-state index in [4.69, 9.17) is 28.4 Å². The summed E-state index contributed by atoms with van der Waals surface area (Å²) >= 11 is 0. The SMILES string of the molecule is O=C(Oc1ccc(OCCCCOCC2CO2)cc1)c1ccc(COCC2CO2)cc1. The van der Waals surface area contributed by atoms with E-state index in [1.807, 2.05) is 12.1 Å². The van der Waals surface area contributed by atoms with E-state index in [-0.39, 0.29) is 6.10 Å². The number of epoxide rings is 2. The van der Waals surface area contributed by atoms with Gasteiger partial charge in [0.15, 0.2) is 0 Å². The zero-order valence-corrected chi connectivity index (χ0v) is 17.5. The molecule has 0 radical (unpaired) electrons. The first-order valence-electron chi connectivity index (χ1n) is 10.7. The first kappa shape index (κ1) is 21.8. The molecular formula is C24H28O7. The van der Waals surface area contributed by atoms with Crippen LogP contribution in [0.1, 0.15) is 28.8 Å². The summed E-state index contributed by atoms with van der Waals surface area (Å²) < 4.78 is 32.4. The number of rotatable bonds is 14. The van der Waals surface area contributed by atoms with E-state index in [9.17, 15) is 4.79 Å². The van der Waals surface area contributed by atoms with E-state index < -0.39 is 5.97 Å². The molecule has 2 fully saturated rings. The molecule has 2 atom stereocenters. The van der Waals surface area contributed by atoms with Crippen molar-refractivity contribution < 1.29 is 33.2 Å². The minimum absolute atomic E-state index is 0.248. The zero-order valence-electron chi connectivity index (χ0n) is 17.5. The quantitative estimate of drug-likeness (QED) is 0.197. The molecule has 2 aliphatic rings. The normalized spacial score (nSPS) is 19.1. The number of hydrogen-bond acceptors (Lipinski definition) is 7. The topological polar surface area (TPSA) is 79.1 Å². The van der Waals surface area contributed by atoms with Gasteiger partial charge in [0.05, 0.1) is 45.2 Å². The van der Waals surface area contributed by atoms with Crippen molar-refractivity contribution in [2.45, 2.75) is 31.7 Å². The number of unbranched alkanes of at least 4 members (excludes halogenated alkanes) is 1. The Bertz CT molecular complexity index is 811. The van der Waals surface area contributed by atoms with Crippen LogP contribution in [0.2, 0.25) is 0 Å². The molecule has 0 aromatic heterocycles. The first-order chi connectivity index (χ1) is 15.3. The average Bonchev–Trinajstić information content (AvgIpc) is 3.70. The molecule has 0 bridgehead atoms. The monoisotopic (exact) mass is 428 g/mol. The summed E-state index contributed by atoms with van der Waals surface area (Å²) in [6.45, 7) is 4.74. The van der Waals surface area contributed by atoms with Crippen LogP contribution in [0.15, 0.2) is 48.5 Å². The van der Waals surface area contributed by atoms with E-state index in [1.54, 1.807) is 36.4 Å². The van der Waals surface area contributed by atoms with Crippen LogP contribution in [0.25, 0.3) is 0 Å². The van der Waals surface area contributed by atoms with Crippen LogP contribution < -0.4 is 9.47 Å². The summed E-state index contributed by atoms with van der Waals surface area (Å²) in [6.07, 6.45) is 2.42. The second kappa shape index (κ2) is 11.2. The van der Waals surface area contributed by atoms with Crippen LogP contribution in [-0.4, -0.2) is 57.8 Å². The van der Waals surface area contributed by atoms with Gasteiger partial charge >= 0.3 is 5.97 Å². The minimum atomic E-state index is -0.399. The molecule has 0 amide bonds. The second-order valence-corrected chi connectivity index (χ2v) is 7.61. The Kier molecular flexibility index (Phi) is 7.90. The molecule has 4 rings (SSSR count). The number of carbonyl (C=O) groups is 1. The summed E-state index contributed by atoms with van der Waals surface area (Å²) in [5.41, 5.74) is 1.49. The van der Waals surface area contributed by atoms with Crippen LogP contribution in [0, 0.1) is 0 Å². The summed E-state index contributed by atoms with van der Waals surface area (Å²) in [5, 5.41) is 0. The van der Waals surface area contributed by atoms with Gasteiger partial charge in [0.1, 0.15) is 23.7 Å². The van der Waals surface area contributed by atoms with Gasteiger partial charge < -0.3 is 28.4 Å². The van der Waals surface area contributed by atoms with Crippen molar-refractivity contribution in [3.8, 4) is 11.5 Å². The Hall–Kier alpha value is -2.45. The fraction of sp³-hybridized carbons (Fsp3) is 0.458. The van der Waals surface area contributed by atoms with Crippen molar-refractivity contribution in [1.29, 1.82) is 0 Å². The lowest BCUT2D eigenvalue weighted by Gasteiger charge is -2.08. The molecule has 2 aromatic carbocycles. The summed E-state index contributed by atoms with van der Waals surface area (Å²) in [7, 11) is 0. The number of ether oxygens (including phenoxy) is 6. The van der Waals surface area contributed by atoms with E-state index in [2.05, 4.69) is 0 Å². The average molecular weight is 428 g/mol. The summed E-state index contributed by atoms with van der Waals surface area (Å²) in [6, 6.07) is 14.3. The molecule has 2 aliphatic heterocycles. The Morgan fingerprint density at radius 1 is 0.806 bits per heavy atom. The fourth-order valence-corrected chi connectivity index (χ4v) is 2.85. The summed E-state index contributed by atoms with van der Waals surface area (Å²) in [4.78, 5) is 12.3. The molecule has 2 saturated heterocycles. The predicted octanol–water partition coefficient (Wildman–Crippen LogP) is 3.40. The van der Waals surface area contributed by atoms with Gasteiger partial charge in [-0.2, -0.15) is 0 Å². The molecule has 0 spiro atoms. The molecule has 31 heavy (non-hydrogen) atoms. The van der Waals surface area contributed by atoms with E-state index in [0.29, 0.717) is 43.8 Å². The van der Waals surface area contributed by atoms with Crippen LogP contribution in [-0.2, 0) is 25.6 Å². The van der Waals surface area contributed by atoms with Crippen LogP contribution >= 0.6 is 0 Å². The fourth-order valence-electron chi connectivity index (χ4n) is 2.85. The van der Waals surface area contributed by atoms with Crippen molar-refractivity contribution in [1.82, 2.24) is 0 Å². The maximum Gasteiger partial charge on any atom is 0.343 e. The Morgan fingerprint density at radius 2 is 1.42 bits per heavy atom. The largest absolute Gasteiger partial charge is 0.494 e. The lowest BCUT2D eigenvalue weighted by Crippen LogP contribution is -2.09. The summed E-state index contributed by atoms with van der Waals surface area (Å²) in [5.74, 6) is 0.821. The van der Waals surface area contributed by atoms with Gasteiger partial charge in [0.25, 0.3) is 0 Å². The van der Waals surface area contributed by atoms with Crippen molar-refractivity contribution in [2.24, 2.45) is 0 Å². The third-order valence-corrected chi connectivity index (χ3v) is 4.86. The van der Waals surface area contributed by atoms with Crippen LogP contribution in [0.4, 0.5) is 0 Å². The van der Waals surface area contributed by atoms with Gasteiger partial charge in [-0.1, -0.05) is 12.1 Å². The molecule has 0 saturated carbocycles. The molecule has 7 heteroatoms. The van der Waals surface area contributed by atoms with E-state index in [0.717, 1.165) is 44.0 Å². The highest BCUT2D eigenvalue weighted by Gasteiger charge is 2.22. The third kappa shape index (κ3) is 7.95. The molecular weight excluding hydrogens is 400 g/mol. The third-order valence-electron chi connectivity index (χ3n) is 4.86. The van der Waals surface area contributed by atoms with Gasteiger partial charge in [0.2, 0.25) is 0 Å². The molecule has 2 heterocycles. The van der Waals surface area contributed by atoms with E-state index in [1.165, 1.54) is 0 Å². The lowest BCUT2D eigenvalue weighted by atomic mass is 10.1. The first-order valence-corrected chi connectivity index (χ1v) is 10.7. The molecule has 0 aliphatic carbocycles. The van der Waals surface area contributed by atoms with Gasteiger partial charge in [-0.05, 0) is 54.8 Å². The number of benzene rings is 2. The van der Waals surface area contributed by atoms with Crippen molar-refractivity contribution in [2.75, 3.05) is 39.6 Å². The molecule has 2 aromatic rings. The highest BCUT2D eigenvalue weighted by Crippen LogP contribution is 2.19. The maximum absolute atomic E-state index is 12.3. The van der Waals surface area contributed by atoms with Crippen molar-refractivity contribution in [3.63, 3.8) is 0 Å². The van der Waals surface area contributed by atoms with Crippen LogP contribution in [0.5, 0.6) is 11.5 Å². The highest BCUT2D eigenvalue weighted by atomic mass is 16.6. The molecule has 7 nitrogen and oxygen atoms in total. The number of hydrogen-bond donors (Lipinski definition) is 0. The van der Waals surface area contributed by atoms with Crippen molar-refractivity contribution >= 4 is 5.97 Å². The minimum Gasteiger partial charge on any atom is -0.494 e. The van der Waals surface area contributed by atoms with Gasteiger partial charge in [0, 0.05) is 6.61 Å². The Balaban J connectivity index is 1.12. The Labute approximate surface area is 182 Å². The molecule has 2 unspecified atom stereocenters. The van der Waals surface area contributed by atoms with Crippen molar-refractivity contribution in [3.05, 3.63) is 59.7 Å². The predicted molar refractivity (Wildman–Crippen MR) is 113 cm³/mol. The number of carbonyl (C=O) groups excluding carboxylic acids is 1. The lowest BCUT2D eigenvalue weighted by molar-refractivity contribution is 0.0734. The zero-order chi connectivity index (χ0) is 21.3. The Morgan fingerprint density at radius 3 is 2.10 bits per heavy atom. The smallest absolute Gasteiger partial charge is 0.343 e. The van der Waals surface area contributed by atoms with Crippen LogP contribution in [0.3, 0.4) is 0 Å². The number of esters is 1. The van der Waals surface area contributed by atoms with Gasteiger partial charge in [-0.25, -0.2) is 4.79 Å². The second-order valence-electron chi connectivity index (χ2n) is 7.61. The highest BCUT2D eigenvalue weighted by molar-refractivity contribution is 5.91. The standard InChI is InChI=1S/C24H28O7/c25-24(19-5-3-18(4-6-19)13-27-15-23-17-30-23)31-21-9-7-20(8-10-21)28-12-2-1-11-26-14-22-16-29-22/h3-10,22-23H,1-2,11-17H2. The van der Waals surface area contributed by atoms with Gasteiger partial charge in [-0.15, -0.1) is 0 Å². The van der Waals surface area contributed by atoms with E-state index >= 15 is 0 Å². The molecule has 0 N–H and O–H groups in total.